The van der Waals surface area contributed by atoms with Crippen molar-refractivity contribution in [3.8, 4) is 0 Å². The molecule has 0 saturated carbocycles. The van der Waals surface area contributed by atoms with Crippen molar-refractivity contribution in [1.29, 1.82) is 0 Å². The lowest BCUT2D eigenvalue weighted by Gasteiger charge is -2.27. The molecule has 0 radical (unpaired) electrons. The third-order valence-corrected chi connectivity index (χ3v) is 4.25. The molecule has 2 amide bonds. The third kappa shape index (κ3) is 4.51. The van der Waals surface area contributed by atoms with Gasteiger partial charge in [-0.15, -0.1) is 0 Å². The van der Waals surface area contributed by atoms with Gasteiger partial charge in [-0.05, 0) is 48.9 Å². The number of rotatable bonds is 4. The average Bonchev–Trinajstić information content (AvgIpc) is 2.67. The van der Waals surface area contributed by atoms with E-state index in [0.717, 1.165) is 0 Å². The number of ether oxygens (including phenoxy) is 1. The fourth-order valence-electron chi connectivity index (χ4n) is 2.92. The molecule has 2 aromatic carbocycles. The molecule has 7 heteroatoms. The highest BCUT2D eigenvalue weighted by atomic mass is 16.5. The molecule has 1 fully saturated rings. The first kappa shape index (κ1) is 18.6. The number of hydrogen-bond acceptors (Lipinski definition) is 4. The monoisotopic (exact) mass is 368 g/mol. The van der Waals surface area contributed by atoms with E-state index in [2.05, 4.69) is 5.32 Å². The first-order chi connectivity index (χ1) is 12.9. The normalized spacial score (nSPS) is 13.9. The maximum atomic E-state index is 12.6. The molecule has 7 nitrogen and oxygen atoms in total. The van der Waals surface area contributed by atoms with Crippen molar-refractivity contribution in [2.75, 3.05) is 31.6 Å². The van der Waals surface area contributed by atoms with Crippen molar-refractivity contribution in [3.63, 3.8) is 0 Å². The van der Waals surface area contributed by atoms with E-state index in [0.29, 0.717) is 43.1 Å². The number of aryl methyl sites for hydroxylation is 1. The minimum Gasteiger partial charge on any atom is -0.478 e. The van der Waals surface area contributed by atoms with Gasteiger partial charge in [-0.25, -0.2) is 4.79 Å². The van der Waals surface area contributed by atoms with E-state index in [4.69, 9.17) is 9.84 Å². The Morgan fingerprint density at radius 1 is 1.00 bits per heavy atom. The third-order valence-electron chi connectivity index (χ3n) is 4.25. The largest absolute Gasteiger partial charge is 0.478 e. The van der Waals surface area contributed by atoms with Crippen LogP contribution in [0.25, 0.3) is 0 Å². The summed E-state index contributed by atoms with van der Waals surface area (Å²) < 4.78 is 5.25. The van der Waals surface area contributed by atoms with Crippen molar-refractivity contribution in [3.05, 3.63) is 64.7 Å². The van der Waals surface area contributed by atoms with Gasteiger partial charge in [-0.3, -0.25) is 9.59 Å². The topological polar surface area (TPSA) is 95.9 Å². The highest BCUT2D eigenvalue weighted by Crippen LogP contribution is 2.16. The second kappa shape index (κ2) is 8.01. The molecule has 27 heavy (non-hydrogen) atoms. The number of morpholine rings is 1. The number of aromatic carboxylic acids is 1. The summed E-state index contributed by atoms with van der Waals surface area (Å²) in [7, 11) is 0. The number of nitrogens with one attached hydrogen (secondary N) is 1. The van der Waals surface area contributed by atoms with Crippen LogP contribution in [0.15, 0.2) is 42.5 Å². The van der Waals surface area contributed by atoms with E-state index in [1.54, 1.807) is 42.2 Å². The van der Waals surface area contributed by atoms with Crippen LogP contribution in [0.3, 0.4) is 0 Å². The summed E-state index contributed by atoms with van der Waals surface area (Å²) in [5, 5.41) is 11.9. The number of hydrogen-bond donors (Lipinski definition) is 2. The number of carbonyl (C=O) groups excluding carboxylic acids is 2. The minimum absolute atomic E-state index is 0.0522. The number of nitrogens with zero attached hydrogens (tertiary/aromatic N) is 1. The van der Waals surface area contributed by atoms with Crippen LogP contribution in [0.1, 0.15) is 36.6 Å². The van der Waals surface area contributed by atoms with Crippen LogP contribution >= 0.6 is 0 Å². The Hall–Kier alpha value is -3.19. The Bertz CT molecular complexity index is 888. The molecule has 1 saturated heterocycles. The molecular weight excluding hydrogens is 348 g/mol. The van der Waals surface area contributed by atoms with Crippen LogP contribution in [-0.4, -0.2) is 54.1 Å². The highest BCUT2D eigenvalue weighted by Gasteiger charge is 2.19. The van der Waals surface area contributed by atoms with Gasteiger partial charge in [-0.2, -0.15) is 0 Å². The highest BCUT2D eigenvalue weighted by molar-refractivity contribution is 6.06. The fraction of sp³-hybridized carbons (Fsp3) is 0.250. The predicted octanol–water partition coefficient (Wildman–Crippen LogP) is 2.42. The summed E-state index contributed by atoms with van der Waals surface area (Å²) in [6, 6.07) is 11.1. The summed E-state index contributed by atoms with van der Waals surface area (Å²) in [4.78, 5) is 38.0. The molecule has 0 aromatic heterocycles. The molecule has 0 atom stereocenters. The molecule has 140 valence electrons. The maximum Gasteiger partial charge on any atom is 0.335 e. The molecule has 0 bridgehead atoms. The quantitative estimate of drug-likeness (QED) is 0.864. The van der Waals surface area contributed by atoms with Crippen molar-refractivity contribution in [1.82, 2.24) is 4.90 Å². The maximum absolute atomic E-state index is 12.6. The SMILES string of the molecule is Cc1cc(C(=O)O)cc(C(=O)Nc2cccc(C(=O)N3CCOCC3)c2)c1. The molecule has 2 N–H and O–H groups in total. The van der Waals surface area contributed by atoms with E-state index in [1.165, 1.54) is 12.1 Å². The smallest absolute Gasteiger partial charge is 0.335 e. The average molecular weight is 368 g/mol. The summed E-state index contributed by atoms with van der Waals surface area (Å²) in [6.07, 6.45) is 0. The van der Waals surface area contributed by atoms with Gasteiger partial charge in [0, 0.05) is 29.9 Å². The number of amides is 2. The Morgan fingerprint density at radius 3 is 2.41 bits per heavy atom. The Labute approximate surface area is 156 Å². The summed E-state index contributed by atoms with van der Waals surface area (Å²) in [6.45, 7) is 3.83. The standard InChI is InChI=1S/C20H20N2O5/c1-13-9-15(11-16(10-13)20(25)26)18(23)21-17-4-2-3-14(12-17)19(24)22-5-7-27-8-6-22/h2-4,9-12H,5-8H2,1H3,(H,21,23)(H,25,26). The second-order valence-corrected chi connectivity index (χ2v) is 6.33. The number of anilines is 1. The zero-order valence-corrected chi connectivity index (χ0v) is 14.9. The molecule has 2 aromatic rings. The number of benzene rings is 2. The van der Waals surface area contributed by atoms with Crippen LogP contribution in [0.2, 0.25) is 0 Å². The molecule has 3 rings (SSSR count). The van der Waals surface area contributed by atoms with Crippen molar-refractivity contribution in [2.45, 2.75) is 6.92 Å². The number of carboxylic acids is 1. The summed E-state index contributed by atoms with van der Waals surface area (Å²) in [5.41, 5.74) is 1.92. The summed E-state index contributed by atoms with van der Waals surface area (Å²) >= 11 is 0. The molecule has 0 unspecified atom stereocenters. The zero-order valence-electron chi connectivity index (χ0n) is 14.9. The Morgan fingerprint density at radius 2 is 1.70 bits per heavy atom. The van der Waals surface area contributed by atoms with E-state index in [1.807, 2.05) is 0 Å². The van der Waals surface area contributed by atoms with Crippen LogP contribution in [0, 0.1) is 6.92 Å². The Kier molecular flexibility index (Phi) is 5.52. The lowest BCUT2D eigenvalue weighted by Crippen LogP contribution is -2.40. The zero-order chi connectivity index (χ0) is 19.4. The lowest BCUT2D eigenvalue weighted by molar-refractivity contribution is 0.0303. The first-order valence-electron chi connectivity index (χ1n) is 8.57. The van der Waals surface area contributed by atoms with E-state index < -0.39 is 11.9 Å². The number of carbonyl (C=O) groups is 3. The van der Waals surface area contributed by atoms with Crippen LogP contribution in [0.4, 0.5) is 5.69 Å². The van der Waals surface area contributed by atoms with E-state index in [9.17, 15) is 14.4 Å². The minimum atomic E-state index is -1.09. The van der Waals surface area contributed by atoms with Gasteiger partial charge in [0.15, 0.2) is 0 Å². The second-order valence-electron chi connectivity index (χ2n) is 6.33. The lowest BCUT2D eigenvalue weighted by atomic mass is 10.1. The van der Waals surface area contributed by atoms with Gasteiger partial charge in [-0.1, -0.05) is 6.07 Å². The molecule has 1 aliphatic heterocycles. The van der Waals surface area contributed by atoms with Crippen molar-refractivity contribution >= 4 is 23.5 Å². The summed E-state index contributed by atoms with van der Waals surface area (Å²) in [5.74, 6) is -1.64. The van der Waals surface area contributed by atoms with Gasteiger partial charge < -0.3 is 20.1 Å². The van der Waals surface area contributed by atoms with E-state index in [-0.39, 0.29) is 17.0 Å². The van der Waals surface area contributed by atoms with Crippen molar-refractivity contribution < 1.29 is 24.2 Å². The number of carboxylic acid groups (broad SMARTS) is 1. The van der Waals surface area contributed by atoms with Crippen LogP contribution < -0.4 is 5.32 Å². The van der Waals surface area contributed by atoms with Gasteiger partial charge in [0.25, 0.3) is 11.8 Å². The fourth-order valence-corrected chi connectivity index (χ4v) is 2.92. The molecule has 1 aliphatic rings. The molecular formula is C20H20N2O5. The Balaban J connectivity index is 1.77. The molecule has 1 heterocycles. The predicted molar refractivity (Wildman–Crippen MR) is 99.3 cm³/mol. The van der Waals surface area contributed by atoms with Gasteiger partial charge in [0.1, 0.15) is 0 Å². The van der Waals surface area contributed by atoms with Gasteiger partial charge >= 0.3 is 5.97 Å². The van der Waals surface area contributed by atoms with Gasteiger partial charge in [0.2, 0.25) is 0 Å². The molecule has 0 spiro atoms. The van der Waals surface area contributed by atoms with Crippen molar-refractivity contribution in [2.24, 2.45) is 0 Å². The first-order valence-corrected chi connectivity index (χ1v) is 8.57. The van der Waals surface area contributed by atoms with Crippen LogP contribution in [0.5, 0.6) is 0 Å². The van der Waals surface area contributed by atoms with Gasteiger partial charge in [0.05, 0.1) is 18.8 Å². The van der Waals surface area contributed by atoms with E-state index >= 15 is 0 Å². The van der Waals surface area contributed by atoms with Crippen LogP contribution in [-0.2, 0) is 4.74 Å². The molecule has 0 aliphatic carbocycles.